The van der Waals surface area contributed by atoms with Crippen LogP contribution in [0.4, 0.5) is 5.69 Å². The number of hydrazone groups is 1. The molecule has 0 fully saturated rings. The van der Waals surface area contributed by atoms with Gasteiger partial charge in [-0.3, -0.25) is 9.59 Å². The Morgan fingerprint density at radius 1 is 1.08 bits per heavy atom. The number of nitrogens with one attached hydrogen (secondary N) is 1. The first-order valence-corrected chi connectivity index (χ1v) is 13.1. The van der Waals surface area contributed by atoms with Gasteiger partial charge in [0, 0.05) is 23.0 Å². The van der Waals surface area contributed by atoms with Gasteiger partial charge in [0.1, 0.15) is 11.0 Å². The Hall–Kier alpha value is -3.43. The van der Waals surface area contributed by atoms with Crippen molar-refractivity contribution < 1.29 is 14.3 Å². The van der Waals surface area contributed by atoms with Crippen molar-refractivity contribution in [2.24, 2.45) is 10.1 Å². The average molecular weight is 563 g/mol. The number of halogens is 1. The van der Waals surface area contributed by atoms with E-state index in [2.05, 4.69) is 26.2 Å². The van der Waals surface area contributed by atoms with Crippen molar-refractivity contribution in [2.45, 2.75) is 24.1 Å². The number of aliphatic imine (C=N–C) groups is 1. The van der Waals surface area contributed by atoms with Gasteiger partial charge in [-0.1, -0.05) is 58.0 Å². The summed E-state index contributed by atoms with van der Waals surface area (Å²) in [5.74, 6) is 0.231. The number of hydrogen-bond acceptors (Lipinski definition) is 6. The van der Waals surface area contributed by atoms with E-state index in [1.54, 1.807) is 7.11 Å². The molecule has 2 heterocycles. The summed E-state index contributed by atoms with van der Waals surface area (Å²) in [6.07, 6.45) is 0.693. The first-order chi connectivity index (χ1) is 17.5. The Balaban J connectivity index is 1.36. The van der Waals surface area contributed by atoms with Gasteiger partial charge in [-0.05, 0) is 59.7 Å². The van der Waals surface area contributed by atoms with E-state index >= 15 is 0 Å². The molecule has 182 valence electrons. The van der Waals surface area contributed by atoms with Crippen LogP contribution in [0, 0.1) is 0 Å². The maximum Gasteiger partial charge on any atom is 0.262 e. The number of nitrogens with zero attached hydrogens (tertiary/aromatic N) is 3. The maximum absolute atomic E-state index is 12.8. The van der Waals surface area contributed by atoms with Crippen molar-refractivity contribution in [1.29, 1.82) is 0 Å². The number of rotatable bonds is 6. The van der Waals surface area contributed by atoms with E-state index < -0.39 is 5.25 Å². The molecule has 9 heteroatoms. The molecule has 3 aromatic rings. The van der Waals surface area contributed by atoms with Gasteiger partial charge in [0.15, 0.2) is 5.17 Å². The third-order valence-corrected chi connectivity index (χ3v) is 7.61. The molecular formula is C27H23BrN4O3S. The van der Waals surface area contributed by atoms with Crippen LogP contribution in [0.2, 0.25) is 0 Å². The Labute approximate surface area is 221 Å². The standard InChI is InChI=1S/C27H23BrN4O3S/c1-35-21-13-9-17(10-14-21)22-15-23(18-7-11-19(28)12-8-18)32(31-22)27-30-26(34)24(36-27)16-25(33)29-20-5-3-2-4-6-20/h2-14,23-24H,15-16H2,1H3,(H,29,33)/t23-,24+/m1/s1. The van der Waals surface area contributed by atoms with Crippen molar-refractivity contribution in [1.82, 2.24) is 5.01 Å². The highest BCUT2D eigenvalue weighted by Crippen LogP contribution is 2.39. The minimum Gasteiger partial charge on any atom is -0.497 e. The normalized spacial score (nSPS) is 19.2. The first kappa shape index (κ1) is 24.3. The zero-order valence-corrected chi connectivity index (χ0v) is 21.8. The van der Waals surface area contributed by atoms with Crippen LogP contribution in [0.15, 0.2) is 93.4 Å². The van der Waals surface area contributed by atoms with Crippen molar-refractivity contribution in [3.8, 4) is 5.75 Å². The number of carbonyl (C=O) groups is 2. The van der Waals surface area contributed by atoms with Crippen molar-refractivity contribution in [2.75, 3.05) is 12.4 Å². The molecule has 7 nitrogen and oxygen atoms in total. The van der Waals surface area contributed by atoms with Gasteiger partial charge in [-0.25, -0.2) is 5.01 Å². The molecule has 0 aliphatic carbocycles. The number of methoxy groups -OCH3 is 1. The lowest BCUT2D eigenvalue weighted by Crippen LogP contribution is -2.25. The summed E-state index contributed by atoms with van der Waals surface area (Å²) in [5.41, 5.74) is 3.63. The number of amides is 2. The van der Waals surface area contributed by atoms with Crippen LogP contribution in [0.1, 0.15) is 30.0 Å². The predicted octanol–water partition coefficient (Wildman–Crippen LogP) is 5.64. The summed E-state index contributed by atoms with van der Waals surface area (Å²) >= 11 is 4.78. The summed E-state index contributed by atoms with van der Waals surface area (Å²) in [6.45, 7) is 0. The van der Waals surface area contributed by atoms with Crippen molar-refractivity contribution in [3.63, 3.8) is 0 Å². The molecule has 0 radical (unpaired) electrons. The second kappa shape index (κ2) is 10.7. The molecule has 0 unspecified atom stereocenters. The number of thioether (sulfide) groups is 1. The Bertz CT molecular complexity index is 1330. The molecule has 3 aromatic carbocycles. The zero-order chi connectivity index (χ0) is 25.1. The number of anilines is 1. The topological polar surface area (TPSA) is 83.4 Å². The molecule has 2 aliphatic heterocycles. The Kier molecular flexibility index (Phi) is 7.20. The second-order valence-electron chi connectivity index (χ2n) is 8.35. The van der Waals surface area contributed by atoms with Crippen LogP contribution >= 0.6 is 27.7 Å². The van der Waals surface area contributed by atoms with Gasteiger partial charge in [0.2, 0.25) is 5.91 Å². The summed E-state index contributed by atoms with van der Waals surface area (Å²) < 4.78 is 6.27. The smallest absolute Gasteiger partial charge is 0.262 e. The minimum absolute atomic E-state index is 0.0389. The van der Waals surface area contributed by atoms with E-state index in [1.165, 1.54) is 11.8 Å². The summed E-state index contributed by atoms with van der Waals surface area (Å²) in [6, 6.07) is 24.9. The average Bonchev–Trinajstić information content (AvgIpc) is 3.49. The first-order valence-electron chi connectivity index (χ1n) is 11.4. The quantitative estimate of drug-likeness (QED) is 0.420. The summed E-state index contributed by atoms with van der Waals surface area (Å²) in [7, 11) is 1.64. The lowest BCUT2D eigenvalue weighted by Gasteiger charge is -2.23. The van der Waals surface area contributed by atoms with E-state index in [1.807, 2.05) is 83.9 Å². The van der Waals surface area contributed by atoms with E-state index in [-0.39, 0.29) is 24.3 Å². The lowest BCUT2D eigenvalue weighted by molar-refractivity contribution is -0.121. The van der Waals surface area contributed by atoms with Gasteiger partial charge in [-0.15, -0.1) is 0 Å². The minimum atomic E-state index is -0.588. The van der Waals surface area contributed by atoms with Crippen LogP contribution in [0.5, 0.6) is 5.75 Å². The third-order valence-electron chi connectivity index (χ3n) is 5.94. The zero-order valence-electron chi connectivity index (χ0n) is 19.4. The van der Waals surface area contributed by atoms with E-state index in [0.29, 0.717) is 17.3 Å². The molecule has 0 aromatic heterocycles. The number of benzene rings is 3. The van der Waals surface area contributed by atoms with Gasteiger partial charge in [0.25, 0.3) is 5.91 Å². The Morgan fingerprint density at radius 2 is 1.81 bits per heavy atom. The number of para-hydroxylation sites is 1. The molecule has 36 heavy (non-hydrogen) atoms. The monoisotopic (exact) mass is 562 g/mol. The van der Waals surface area contributed by atoms with Crippen LogP contribution in [-0.4, -0.2) is 40.1 Å². The lowest BCUT2D eigenvalue weighted by atomic mass is 9.98. The molecule has 1 N–H and O–H groups in total. The maximum atomic E-state index is 12.8. The fourth-order valence-electron chi connectivity index (χ4n) is 4.10. The van der Waals surface area contributed by atoms with Gasteiger partial charge >= 0.3 is 0 Å². The number of hydrogen-bond donors (Lipinski definition) is 1. The second-order valence-corrected chi connectivity index (χ2v) is 10.4. The van der Waals surface area contributed by atoms with Gasteiger partial charge in [-0.2, -0.15) is 10.1 Å². The highest BCUT2D eigenvalue weighted by molar-refractivity contribution is 9.10. The molecule has 0 spiro atoms. The predicted molar refractivity (Wildman–Crippen MR) is 146 cm³/mol. The number of carbonyl (C=O) groups excluding carboxylic acids is 2. The van der Waals surface area contributed by atoms with E-state index in [9.17, 15) is 9.59 Å². The van der Waals surface area contributed by atoms with Crippen LogP contribution in [0.25, 0.3) is 0 Å². The van der Waals surface area contributed by atoms with Gasteiger partial charge < -0.3 is 10.1 Å². The third kappa shape index (κ3) is 5.37. The number of ether oxygens (including phenoxy) is 1. The van der Waals surface area contributed by atoms with Crippen molar-refractivity contribution >= 4 is 56.1 Å². The van der Waals surface area contributed by atoms with Gasteiger partial charge in [0.05, 0.1) is 18.9 Å². The summed E-state index contributed by atoms with van der Waals surface area (Å²) in [5, 5.41) is 9.46. The molecule has 2 aliphatic rings. The largest absolute Gasteiger partial charge is 0.497 e. The fourth-order valence-corrected chi connectivity index (χ4v) is 5.42. The SMILES string of the molecule is COc1ccc(C2=NN(C3=NC(=O)[C@H](CC(=O)Nc4ccccc4)S3)[C@@H](c3ccc(Br)cc3)C2)cc1. The highest BCUT2D eigenvalue weighted by atomic mass is 79.9. The molecule has 5 rings (SSSR count). The molecule has 0 saturated carbocycles. The highest BCUT2D eigenvalue weighted by Gasteiger charge is 2.39. The molecule has 0 bridgehead atoms. The van der Waals surface area contributed by atoms with E-state index in [0.717, 1.165) is 27.1 Å². The fraction of sp³-hybridized carbons (Fsp3) is 0.185. The number of amidine groups is 1. The molecular weight excluding hydrogens is 540 g/mol. The van der Waals surface area contributed by atoms with Crippen LogP contribution in [0.3, 0.4) is 0 Å². The molecule has 0 saturated heterocycles. The Morgan fingerprint density at radius 3 is 2.50 bits per heavy atom. The van der Waals surface area contributed by atoms with E-state index in [4.69, 9.17) is 9.84 Å². The molecule has 2 atom stereocenters. The molecule has 2 amide bonds. The van der Waals surface area contributed by atoms with Crippen LogP contribution in [-0.2, 0) is 9.59 Å². The van der Waals surface area contributed by atoms with Crippen LogP contribution < -0.4 is 10.1 Å². The van der Waals surface area contributed by atoms with Crippen molar-refractivity contribution in [3.05, 3.63) is 94.5 Å². The summed E-state index contributed by atoms with van der Waals surface area (Å²) in [4.78, 5) is 29.6.